The third kappa shape index (κ3) is 7.53. The molecule has 4 heteroatoms. The predicted octanol–water partition coefficient (Wildman–Crippen LogP) is 4.88. The van der Waals surface area contributed by atoms with E-state index in [2.05, 4.69) is 37.8 Å². The third-order valence-electron chi connectivity index (χ3n) is 3.71. The maximum Gasteiger partial charge on any atom is 0.230 e. The van der Waals surface area contributed by atoms with Crippen LogP contribution >= 0.6 is 0 Å². The number of benzene rings is 1. The standard InChI is InChI=1S/C22H29NO3/c1-6-21(14-11-19(4)25-5)23(22(24)7-2)15-8-16-26-17-20-12-9-18(3)10-13-20/h6,8-15H,4,7,16-17H2,1-3,5H3/b14-11-,15-8-,21-6+. The molecule has 26 heavy (non-hydrogen) atoms. The van der Waals surface area contributed by atoms with Crippen molar-refractivity contribution in [3.8, 4) is 0 Å². The number of hydrogen-bond acceptors (Lipinski definition) is 3. The fourth-order valence-corrected chi connectivity index (χ4v) is 2.12. The van der Waals surface area contributed by atoms with Crippen LogP contribution < -0.4 is 0 Å². The van der Waals surface area contributed by atoms with Gasteiger partial charge in [-0.05, 0) is 37.6 Å². The summed E-state index contributed by atoms with van der Waals surface area (Å²) in [7, 11) is 1.56. The number of carbonyl (C=O) groups excluding carboxylic acids is 1. The minimum Gasteiger partial charge on any atom is -0.497 e. The minimum absolute atomic E-state index is 0.000522. The number of hydrogen-bond donors (Lipinski definition) is 0. The molecule has 1 rings (SSSR count). The topological polar surface area (TPSA) is 38.8 Å². The van der Waals surface area contributed by atoms with Crippen molar-refractivity contribution in [3.63, 3.8) is 0 Å². The molecule has 0 radical (unpaired) electrons. The summed E-state index contributed by atoms with van der Waals surface area (Å²) in [5.74, 6) is 0.527. The van der Waals surface area contributed by atoms with E-state index in [1.165, 1.54) is 5.56 Å². The molecular weight excluding hydrogens is 326 g/mol. The highest BCUT2D eigenvalue weighted by Gasteiger charge is 2.11. The summed E-state index contributed by atoms with van der Waals surface area (Å²) >= 11 is 0. The second-order valence-corrected chi connectivity index (χ2v) is 5.72. The quantitative estimate of drug-likeness (QED) is 0.341. The summed E-state index contributed by atoms with van der Waals surface area (Å²) in [4.78, 5) is 13.9. The Labute approximate surface area is 157 Å². The SMILES string of the molecule is C=C(/C=C\C(=C/C)N(/C=C\COCc1ccc(C)cc1)C(=O)CC)OC. The zero-order valence-electron chi connectivity index (χ0n) is 16.2. The number of methoxy groups -OCH3 is 1. The first-order chi connectivity index (χ1) is 12.5. The molecule has 1 amide bonds. The molecule has 0 aliphatic carbocycles. The summed E-state index contributed by atoms with van der Waals surface area (Å²) in [5.41, 5.74) is 3.11. The summed E-state index contributed by atoms with van der Waals surface area (Å²) in [6.07, 6.45) is 9.39. The van der Waals surface area contributed by atoms with Gasteiger partial charge in [-0.1, -0.05) is 49.4 Å². The summed E-state index contributed by atoms with van der Waals surface area (Å²) < 4.78 is 10.7. The fraction of sp³-hybridized carbons (Fsp3) is 0.318. The highest BCUT2D eigenvalue weighted by atomic mass is 16.5. The molecule has 140 valence electrons. The van der Waals surface area contributed by atoms with E-state index in [-0.39, 0.29) is 5.91 Å². The molecule has 0 saturated heterocycles. The van der Waals surface area contributed by atoms with Crippen LogP contribution in [0.1, 0.15) is 31.4 Å². The lowest BCUT2D eigenvalue weighted by Gasteiger charge is -2.19. The molecule has 0 spiro atoms. The van der Waals surface area contributed by atoms with Crippen molar-refractivity contribution in [1.82, 2.24) is 4.90 Å². The van der Waals surface area contributed by atoms with Crippen molar-refractivity contribution < 1.29 is 14.3 Å². The average Bonchev–Trinajstić information content (AvgIpc) is 2.66. The van der Waals surface area contributed by atoms with E-state index in [1.807, 2.05) is 26.0 Å². The number of carbonyl (C=O) groups is 1. The van der Waals surface area contributed by atoms with E-state index < -0.39 is 0 Å². The van der Waals surface area contributed by atoms with E-state index >= 15 is 0 Å². The van der Waals surface area contributed by atoms with Crippen LogP contribution in [0.3, 0.4) is 0 Å². The Bertz CT molecular complexity index is 669. The lowest BCUT2D eigenvalue weighted by molar-refractivity contribution is -0.126. The molecule has 0 aromatic heterocycles. The van der Waals surface area contributed by atoms with Gasteiger partial charge in [0.2, 0.25) is 5.91 Å². The van der Waals surface area contributed by atoms with Crippen LogP contribution in [-0.4, -0.2) is 24.5 Å². The van der Waals surface area contributed by atoms with Crippen molar-refractivity contribution in [2.45, 2.75) is 33.8 Å². The molecule has 1 aromatic carbocycles. The Morgan fingerprint density at radius 3 is 2.50 bits per heavy atom. The van der Waals surface area contributed by atoms with Crippen molar-refractivity contribution in [1.29, 1.82) is 0 Å². The van der Waals surface area contributed by atoms with Gasteiger partial charge in [-0.3, -0.25) is 9.69 Å². The molecule has 4 nitrogen and oxygen atoms in total. The monoisotopic (exact) mass is 355 g/mol. The molecule has 0 saturated carbocycles. The van der Waals surface area contributed by atoms with Crippen LogP contribution in [0.15, 0.2) is 72.8 Å². The van der Waals surface area contributed by atoms with Gasteiger partial charge in [0.25, 0.3) is 0 Å². The average molecular weight is 355 g/mol. The number of nitrogens with zero attached hydrogens (tertiary/aromatic N) is 1. The fourth-order valence-electron chi connectivity index (χ4n) is 2.12. The minimum atomic E-state index is 0.000522. The second-order valence-electron chi connectivity index (χ2n) is 5.72. The Kier molecular flexibility index (Phi) is 9.80. The van der Waals surface area contributed by atoms with Crippen LogP contribution in [0.2, 0.25) is 0 Å². The number of amides is 1. The van der Waals surface area contributed by atoms with Gasteiger partial charge < -0.3 is 9.47 Å². The molecule has 0 fully saturated rings. The van der Waals surface area contributed by atoms with E-state index in [4.69, 9.17) is 9.47 Å². The van der Waals surface area contributed by atoms with Crippen LogP contribution in [0, 0.1) is 6.92 Å². The van der Waals surface area contributed by atoms with Gasteiger partial charge in [0.1, 0.15) is 5.76 Å². The maximum absolute atomic E-state index is 12.2. The van der Waals surface area contributed by atoms with Crippen LogP contribution in [0.4, 0.5) is 0 Å². The summed E-state index contributed by atoms with van der Waals surface area (Å²) in [5, 5.41) is 0. The Hall–Kier alpha value is -2.59. The molecule has 0 unspecified atom stereocenters. The van der Waals surface area contributed by atoms with Gasteiger partial charge in [0.05, 0.1) is 20.3 Å². The normalized spacial score (nSPS) is 11.9. The molecular formula is C22H29NO3. The van der Waals surface area contributed by atoms with Crippen LogP contribution in [0.5, 0.6) is 0 Å². The van der Waals surface area contributed by atoms with Crippen LogP contribution in [-0.2, 0) is 20.9 Å². The van der Waals surface area contributed by atoms with Crippen molar-refractivity contribution >= 4 is 5.91 Å². The third-order valence-corrected chi connectivity index (χ3v) is 3.71. The zero-order chi connectivity index (χ0) is 19.4. The molecule has 1 aromatic rings. The van der Waals surface area contributed by atoms with E-state index in [0.29, 0.717) is 25.4 Å². The lowest BCUT2D eigenvalue weighted by atomic mass is 10.2. The molecule has 0 aliphatic rings. The van der Waals surface area contributed by atoms with Gasteiger partial charge in [-0.25, -0.2) is 0 Å². The number of aryl methyl sites for hydroxylation is 1. The van der Waals surface area contributed by atoms with E-state index in [1.54, 1.807) is 30.4 Å². The highest BCUT2D eigenvalue weighted by Crippen LogP contribution is 2.11. The first-order valence-electron chi connectivity index (χ1n) is 8.71. The van der Waals surface area contributed by atoms with Gasteiger partial charge in [0.15, 0.2) is 0 Å². The van der Waals surface area contributed by atoms with E-state index in [9.17, 15) is 4.79 Å². The first kappa shape index (κ1) is 21.5. The Balaban J connectivity index is 2.66. The molecule has 0 bridgehead atoms. The van der Waals surface area contributed by atoms with Crippen molar-refractivity contribution in [2.75, 3.05) is 13.7 Å². The Morgan fingerprint density at radius 1 is 1.23 bits per heavy atom. The van der Waals surface area contributed by atoms with Gasteiger partial charge in [-0.2, -0.15) is 0 Å². The molecule has 0 heterocycles. The zero-order valence-corrected chi connectivity index (χ0v) is 16.2. The molecule has 0 N–H and O–H groups in total. The predicted molar refractivity (Wildman–Crippen MR) is 106 cm³/mol. The highest BCUT2D eigenvalue weighted by molar-refractivity contribution is 5.79. The van der Waals surface area contributed by atoms with Gasteiger partial charge in [-0.15, -0.1) is 0 Å². The van der Waals surface area contributed by atoms with Crippen LogP contribution in [0.25, 0.3) is 0 Å². The Morgan fingerprint density at radius 2 is 1.92 bits per heavy atom. The molecule has 0 aliphatic heterocycles. The number of ether oxygens (including phenoxy) is 2. The van der Waals surface area contributed by atoms with Crippen molar-refractivity contribution in [2.24, 2.45) is 0 Å². The number of allylic oxidation sites excluding steroid dienone is 3. The smallest absolute Gasteiger partial charge is 0.230 e. The first-order valence-corrected chi connectivity index (χ1v) is 8.71. The van der Waals surface area contributed by atoms with E-state index in [0.717, 1.165) is 11.3 Å². The second kappa shape index (κ2) is 11.9. The number of rotatable bonds is 10. The van der Waals surface area contributed by atoms with Crippen molar-refractivity contribution in [3.05, 3.63) is 83.9 Å². The largest absolute Gasteiger partial charge is 0.497 e. The maximum atomic E-state index is 12.2. The lowest BCUT2D eigenvalue weighted by Crippen LogP contribution is -2.23. The van der Waals surface area contributed by atoms with Gasteiger partial charge in [0, 0.05) is 18.3 Å². The summed E-state index contributed by atoms with van der Waals surface area (Å²) in [6.45, 7) is 10.5. The molecule has 0 atom stereocenters. The summed E-state index contributed by atoms with van der Waals surface area (Å²) in [6, 6.07) is 8.23. The van der Waals surface area contributed by atoms with Gasteiger partial charge >= 0.3 is 0 Å².